The number of methoxy groups -OCH3 is 2. The Morgan fingerprint density at radius 2 is 1.88 bits per heavy atom. The average molecular weight is 355 g/mol. The number of benzene rings is 1. The number of hydrogen-bond acceptors (Lipinski definition) is 6. The fourth-order valence-corrected chi connectivity index (χ4v) is 3.70. The third-order valence-electron chi connectivity index (χ3n) is 3.35. The van der Waals surface area contributed by atoms with E-state index in [9.17, 15) is 8.42 Å². The van der Waals surface area contributed by atoms with Gasteiger partial charge in [0.05, 0.1) is 25.6 Å². The molecule has 0 unspecified atom stereocenters. The van der Waals surface area contributed by atoms with Crippen molar-refractivity contribution in [3.63, 3.8) is 0 Å². The first-order valence-electron chi connectivity index (χ1n) is 7.25. The number of ether oxygens (including phenoxy) is 3. The van der Waals surface area contributed by atoms with Gasteiger partial charge in [-0.1, -0.05) is 6.07 Å². The second-order valence-corrected chi connectivity index (χ2v) is 6.70. The molecule has 8 nitrogen and oxygen atoms in total. The van der Waals surface area contributed by atoms with Crippen LogP contribution in [0.5, 0.6) is 17.2 Å². The molecule has 132 valence electrons. The maximum Gasteiger partial charge on any atom is 0.244 e. The Morgan fingerprint density at radius 3 is 2.46 bits per heavy atom. The molecule has 9 heteroatoms. The van der Waals surface area contributed by atoms with Gasteiger partial charge in [-0.3, -0.25) is 5.10 Å². The summed E-state index contributed by atoms with van der Waals surface area (Å²) < 4.78 is 43.1. The lowest BCUT2D eigenvalue weighted by molar-refractivity contribution is 0.287. The zero-order valence-corrected chi connectivity index (χ0v) is 14.9. The van der Waals surface area contributed by atoms with Gasteiger partial charge in [0.2, 0.25) is 15.8 Å². The van der Waals surface area contributed by atoms with Crippen LogP contribution in [0, 0.1) is 13.8 Å². The Morgan fingerprint density at radius 1 is 1.17 bits per heavy atom. The molecule has 0 aliphatic carbocycles. The molecule has 0 fully saturated rings. The molecule has 24 heavy (non-hydrogen) atoms. The van der Waals surface area contributed by atoms with Crippen molar-refractivity contribution in [1.82, 2.24) is 14.9 Å². The number of sulfonamides is 1. The molecule has 2 N–H and O–H groups in total. The van der Waals surface area contributed by atoms with E-state index in [-0.39, 0.29) is 18.0 Å². The minimum absolute atomic E-state index is 0.104. The highest BCUT2D eigenvalue weighted by Crippen LogP contribution is 2.36. The summed E-state index contributed by atoms with van der Waals surface area (Å²) in [5.74, 6) is 1.48. The molecular formula is C15H21N3O5S. The lowest BCUT2D eigenvalue weighted by Crippen LogP contribution is -2.29. The summed E-state index contributed by atoms with van der Waals surface area (Å²) in [4.78, 5) is 0.168. The van der Waals surface area contributed by atoms with E-state index in [1.807, 2.05) is 0 Å². The largest absolute Gasteiger partial charge is 0.493 e. The number of rotatable bonds is 8. The van der Waals surface area contributed by atoms with Gasteiger partial charge < -0.3 is 14.2 Å². The molecule has 0 atom stereocenters. The maximum atomic E-state index is 12.3. The van der Waals surface area contributed by atoms with Crippen molar-refractivity contribution in [3.8, 4) is 17.2 Å². The highest BCUT2D eigenvalue weighted by Gasteiger charge is 2.21. The summed E-state index contributed by atoms with van der Waals surface area (Å²) in [6, 6.07) is 5.23. The smallest absolute Gasteiger partial charge is 0.244 e. The van der Waals surface area contributed by atoms with Gasteiger partial charge in [-0.15, -0.1) is 0 Å². The third kappa shape index (κ3) is 3.80. The maximum absolute atomic E-state index is 12.3. The molecular weight excluding hydrogens is 334 g/mol. The first-order chi connectivity index (χ1) is 11.4. The van der Waals surface area contributed by atoms with Crippen molar-refractivity contribution in [1.29, 1.82) is 0 Å². The van der Waals surface area contributed by atoms with Crippen molar-refractivity contribution in [2.75, 3.05) is 27.4 Å². The molecule has 0 aliphatic rings. The number of para-hydroxylation sites is 1. The van der Waals surface area contributed by atoms with E-state index in [1.54, 1.807) is 32.0 Å². The zero-order valence-electron chi connectivity index (χ0n) is 14.0. The number of nitrogens with one attached hydrogen (secondary N) is 2. The molecule has 0 spiro atoms. The van der Waals surface area contributed by atoms with Crippen LogP contribution in [0.4, 0.5) is 0 Å². The highest BCUT2D eigenvalue weighted by molar-refractivity contribution is 7.89. The fourth-order valence-electron chi connectivity index (χ4n) is 2.32. The van der Waals surface area contributed by atoms with E-state index < -0.39 is 10.0 Å². The molecule has 0 amide bonds. The van der Waals surface area contributed by atoms with Crippen LogP contribution in [0.2, 0.25) is 0 Å². The number of aryl methyl sites for hydroxylation is 2. The molecule has 0 bridgehead atoms. The van der Waals surface area contributed by atoms with Crippen LogP contribution in [0.3, 0.4) is 0 Å². The second-order valence-electron chi connectivity index (χ2n) is 5.00. The Kier molecular flexibility index (Phi) is 5.68. The Labute approximate surface area is 141 Å². The number of aromatic amines is 1. The minimum atomic E-state index is -3.64. The van der Waals surface area contributed by atoms with Crippen LogP contribution in [0.15, 0.2) is 23.1 Å². The van der Waals surface area contributed by atoms with Crippen LogP contribution in [0.1, 0.15) is 11.4 Å². The SMILES string of the molecule is COc1cccc(OCCNS(=O)(=O)c2c(C)n[nH]c2C)c1OC. The van der Waals surface area contributed by atoms with Gasteiger partial charge in [-0.05, 0) is 26.0 Å². The summed E-state index contributed by atoms with van der Waals surface area (Å²) >= 11 is 0. The van der Waals surface area contributed by atoms with E-state index in [1.165, 1.54) is 14.2 Å². The Bertz CT molecular complexity index is 782. The van der Waals surface area contributed by atoms with Crippen molar-refractivity contribution in [2.24, 2.45) is 0 Å². The molecule has 1 aromatic heterocycles. The van der Waals surface area contributed by atoms with Gasteiger partial charge in [0.15, 0.2) is 11.5 Å². The van der Waals surface area contributed by atoms with E-state index in [0.29, 0.717) is 28.6 Å². The first-order valence-corrected chi connectivity index (χ1v) is 8.74. The Balaban J connectivity index is 1.99. The van der Waals surface area contributed by atoms with Gasteiger partial charge in [-0.2, -0.15) is 5.10 Å². The number of aromatic nitrogens is 2. The van der Waals surface area contributed by atoms with Crippen LogP contribution in [-0.4, -0.2) is 46.0 Å². The standard InChI is InChI=1S/C15H21N3O5S/c1-10-15(11(2)18-17-10)24(19,20)16-8-9-23-13-7-5-6-12(21-3)14(13)22-4/h5-7,16H,8-9H2,1-4H3,(H,17,18). The molecule has 2 aromatic rings. The normalized spacial score (nSPS) is 11.3. The van der Waals surface area contributed by atoms with Gasteiger partial charge in [0, 0.05) is 6.54 Å². The molecule has 1 heterocycles. The highest BCUT2D eigenvalue weighted by atomic mass is 32.2. The average Bonchev–Trinajstić information content (AvgIpc) is 2.90. The Hall–Kier alpha value is -2.26. The minimum Gasteiger partial charge on any atom is -0.493 e. The molecule has 1 aromatic carbocycles. The van der Waals surface area contributed by atoms with Crippen molar-refractivity contribution >= 4 is 10.0 Å². The topological polar surface area (TPSA) is 103 Å². The van der Waals surface area contributed by atoms with Gasteiger partial charge >= 0.3 is 0 Å². The van der Waals surface area contributed by atoms with Crippen LogP contribution in [-0.2, 0) is 10.0 Å². The monoisotopic (exact) mass is 355 g/mol. The van der Waals surface area contributed by atoms with Crippen molar-refractivity contribution < 1.29 is 22.6 Å². The lowest BCUT2D eigenvalue weighted by atomic mass is 10.3. The van der Waals surface area contributed by atoms with Crippen molar-refractivity contribution in [2.45, 2.75) is 18.7 Å². The molecule has 0 radical (unpaired) electrons. The summed E-state index contributed by atoms with van der Waals surface area (Å²) in [6.45, 7) is 3.54. The molecule has 0 saturated heterocycles. The number of H-pyrrole nitrogens is 1. The summed E-state index contributed by atoms with van der Waals surface area (Å²) in [5.41, 5.74) is 0.922. The van der Waals surface area contributed by atoms with Crippen LogP contribution in [0.25, 0.3) is 0 Å². The fraction of sp³-hybridized carbons (Fsp3) is 0.400. The quantitative estimate of drug-likeness (QED) is 0.694. The van der Waals surface area contributed by atoms with E-state index in [2.05, 4.69) is 14.9 Å². The van der Waals surface area contributed by atoms with E-state index >= 15 is 0 Å². The predicted octanol–water partition coefficient (Wildman–Crippen LogP) is 1.40. The van der Waals surface area contributed by atoms with Gasteiger partial charge in [-0.25, -0.2) is 13.1 Å². The molecule has 2 rings (SSSR count). The number of hydrogen-bond donors (Lipinski definition) is 2. The summed E-state index contributed by atoms with van der Waals surface area (Å²) in [5, 5.41) is 6.55. The molecule has 0 saturated carbocycles. The van der Waals surface area contributed by atoms with Gasteiger partial charge in [0.1, 0.15) is 11.5 Å². The first kappa shape index (κ1) is 18.1. The van der Waals surface area contributed by atoms with E-state index in [4.69, 9.17) is 14.2 Å². The van der Waals surface area contributed by atoms with E-state index in [0.717, 1.165) is 0 Å². The van der Waals surface area contributed by atoms with Crippen LogP contribution >= 0.6 is 0 Å². The van der Waals surface area contributed by atoms with Crippen LogP contribution < -0.4 is 18.9 Å². The molecule has 0 aliphatic heterocycles. The summed E-state index contributed by atoms with van der Waals surface area (Å²) in [6.07, 6.45) is 0. The second kappa shape index (κ2) is 7.54. The van der Waals surface area contributed by atoms with Crippen molar-refractivity contribution in [3.05, 3.63) is 29.6 Å². The number of nitrogens with zero attached hydrogens (tertiary/aromatic N) is 1. The third-order valence-corrected chi connectivity index (χ3v) is 5.07. The van der Waals surface area contributed by atoms with Gasteiger partial charge in [0.25, 0.3) is 0 Å². The summed E-state index contributed by atoms with van der Waals surface area (Å²) in [7, 11) is -0.596. The lowest BCUT2D eigenvalue weighted by Gasteiger charge is -2.13. The zero-order chi connectivity index (χ0) is 17.7. The predicted molar refractivity (Wildman–Crippen MR) is 88.3 cm³/mol.